The van der Waals surface area contributed by atoms with Crippen molar-refractivity contribution in [2.45, 2.75) is 30.6 Å². The third kappa shape index (κ3) is 4.73. The molecule has 3 heteroatoms. The molecule has 1 aromatic heterocycles. The van der Waals surface area contributed by atoms with Crippen LogP contribution >= 0.6 is 34.4 Å². The molecule has 124 valence electrons. The van der Waals surface area contributed by atoms with Crippen LogP contribution in [0.2, 0.25) is 0 Å². The van der Waals surface area contributed by atoms with Gasteiger partial charge in [0.05, 0.1) is 5.52 Å². The Bertz CT molecular complexity index is 773. The summed E-state index contributed by atoms with van der Waals surface area (Å²) in [7, 11) is 0. The summed E-state index contributed by atoms with van der Waals surface area (Å²) in [6.07, 6.45) is 7.30. The van der Waals surface area contributed by atoms with Gasteiger partial charge in [-0.15, -0.1) is 11.8 Å². The number of hydrogen-bond acceptors (Lipinski definition) is 2. The molecular weight excluding hydrogens is 425 g/mol. The average molecular weight is 447 g/mol. The van der Waals surface area contributed by atoms with Crippen molar-refractivity contribution in [3.05, 3.63) is 60.8 Å². The third-order valence-corrected chi connectivity index (χ3v) is 6.02. The first-order valence-corrected chi connectivity index (χ1v) is 11.0. The number of fused-ring (bicyclic) bond motifs is 1. The second-order valence-corrected chi connectivity index (χ2v) is 8.07. The van der Waals surface area contributed by atoms with Gasteiger partial charge < -0.3 is 0 Å². The molecule has 0 aliphatic carbocycles. The van der Waals surface area contributed by atoms with Gasteiger partial charge in [0.1, 0.15) is 0 Å². The molecule has 0 unspecified atom stereocenters. The van der Waals surface area contributed by atoms with Crippen molar-refractivity contribution in [3.63, 3.8) is 0 Å². The van der Waals surface area contributed by atoms with Crippen LogP contribution in [0.15, 0.2) is 65.7 Å². The highest BCUT2D eigenvalue weighted by molar-refractivity contribution is 14.1. The van der Waals surface area contributed by atoms with Crippen LogP contribution < -0.4 is 0 Å². The highest BCUT2D eigenvalue weighted by atomic mass is 127. The Hall–Kier alpha value is -1.07. The second kappa shape index (κ2) is 9.42. The Morgan fingerprint density at radius 3 is 2.50 bits per heavy atom. The van der Waals surface area contributed by atoms with E-state index in [0.29, 0.717) is 0 Å². The standard InChI is InChI=1S/C21H22INS/c22-13-6-1-2-7-15-24-21-12-14-23-20-16-18(10-11-19(20)21)17-8-4-3-5-9-17/h3-5,8-12,14,16H,1-2,6-7,13,15H2. The van der Waals surface area contributed by atoms with Crippen LogP contribution in [0.4, 0.5) is 0 Å². The number of pyridine rings is 1. The van der Waals surface area contributed by atoms with E-state index < -0.39 is 0 Å². The molecule has 3 rings (SSSR count). The first-order chi connectivity index (χ1) is 11.9. The molecule has 3 aromatic rings. The monoisotopic (exact) mass is 447 g/mol. The predicted octanol–water partition coefficient (Wildman–Crippen LogP) is 6.99. The number of alkyl halides is 1. The Balaban J connectivity index is 1.71. The normalized spacial score (nSPS) is 11.0. The van der Waals surface area contributed by atoms with Crippen molar-refractivity contribution in [1.29, 1.82) is 0 Å². The van der Waals surface area contributed by atoms with Gasteiger partial charge in [0.15, 0.2) is 0 Å². The minimum atomic E-state index is 1.09. The topological polar surface area (TPSA) is 12.9 Å². The Kier molecular flexibility index (Phi) is 6.97. The smallest absolute Gasteiger partial charge is 0.0719 e. The molecule has 1 heterocycles. The van der Waals surface area contributed by atoms with Gasteiger partial charge in [0.25, 0.3) is 0 Å². The second-order valence-electron chi connectivity index (χ2n) is 5.86. The molecule has 0 N–H and O–H groups in total. The number of unbranched alkanes of at least 4 members (excludes halogenated alkanes) is 3. The van der Waals surface area contributed by atoms with Crippen LogP contribution in [0.25, 0.3) is 22.0 Å². The van der Waals surface area contributed by atoms with E-state index in [4.69, 9.17) is 0 Å². The average Bonchev–Trinajstić information content (AvgIpc) is 2.65. The number of thioether (sulfide) groups is 1. The van der Waals surface area contributed by atoms with E-state index in [9.17, 15) is 0 Å². The van der Waals surface area contributed by atoms with E-state index in [0.717, 1.165) is 5.52 Å². The zero-order valence-corrected chi connectivity index (χ0v) is 16.7. The lowest BCUT2D eigenvalue weighted by Gasteiger charge is -2.08. The zero-order chi connectivity index (χ0) is 16.6. The van der Waals surface area contributed by atoms with Crippen molar-refractivity contribution in [3.8, 4) is 11.1 Å². The quantitative estimate of drug-likeness (QED) is 0.160. The van der Waals surface area contributed by atoms with E-state index in [1.165, 1.54) is 57.3 Å². The van der Waals surface area contributed by atoms with Crippen LogP contribution in [0.5, 0.6) is 0 Å². The van der Waals surface area contributed by atoms with E-state index >= 15 is 0 Å². The molecule has 0 aliphatic heterocycles. The first-order valence-electron chi connectivity index (χ1n) is 8.51. The minimum absolute atomic E-state index is 1.09. The van der Waals surface area contributed by atoms with Gasteiger partial charge in [-0.3, -0.25) is 4.98 Å². The fraction of sp³-hybridized carbons (Fsp3) is 0.286. The van der Waals surface area contributed by atoms with E-state index in [1.54, 1.807) is 0 Å². The summed E-state index contributed by atoms with van der Waals surface area (Å²) >= 11 is 4.43. The lowest BCUT2D eigenvalue weighted by molar-refractivity contribution is 0.715. The van der Waals surface area contributed by atoms with Crippen LogP contribution in [0, 0.1) is 0 Å². The molecule has 0 saturated carbocycles. The van der Waals surface area contributed by atoms with Crippen LogP contribution in [0.3, 0.4) is 0 Å². The van der Waals surface area contributed by atoms with Crippen molar-refractivity contribution in [2.24, 2.45) is 0 Å². The fourth-order valence-electron chi connectivity index (χ4n) is 2.79. The highest BCUT2D eigenvalue weighted by Gasteiger charge is 2.05. The van der Waals surface area contributed by atoms with Gasteiger partial charge >= 0.3 is 0 Å². The molecule has 0 atom stereocenters. The SMILES string of the molecule is ICCCCCCSc1ccnc2cc(-c3ccccc3)ccc12. The molecule has 0 saturated heterocycles. The van der Waals surface area contributed by atoms with E-state index in [-0.39, 0.29) is 0 Å². The van der Waals surface area contributed by atoms with Gasteiger partial charge in [-0.2, -0.15) is 0 Å². The van der Waals surface area contributed by atoms with Crippen molar-refractivity contribution >= 4 is 45.3 Å². The number of benzene rings is 2. The zero-order valence-electron chi connectivity index (χ0n) is 13.7. The summed E-state index contributed by atoms with van der Waals surface area (Å²) in [5.74, 6) is 1.20. The number of aromatic nitrogens is 1. The Morgan fingerprint density at radius 2 is 1.67 bits per heavy atom. The molecule has 2 aromatic carbocycles. The summed E-state index contributed by atoms with van der Waals surface area (Å²) < 4.78 is 1.28. The predicted molar refractivity (Wildman–Crippen MR) is 115 cm³/mol. The summed E-state index contributed by atoms with van der Waals surface area (Å²) in [4.78, 5) is 5.94. The van der Waals surface area contributed by atoms with Gasteiger partial charge in [-0.05, 0) is 46.3 Å². The summed E-state index contributed by atoms with van der Waals surface area (Å²) in [5, 5.41) is 1.27. The maximum atomic E-state index is 4.58. The molecule has 0 radical (unpaired) electrons. The first kappa shape index (κ1) is 17.7. The lowest BCUT2D eigenvalue weighted by Crippen LogP contribution is -1.87. The molecule has 0 bridgehead atoms. The van der Waals surface area contributed by atoms with E-state index in [2.05, 4.69) is 82.2 Å². The maximum absolute atomic E-state index is 4.58. The van der Waals surface area contributed by atoms with Gasteiger partial charge in [0.2, 0.25) is 0 Å². The van der Waals surface area contributed by atoms with Gasteiger partial charge in [0, 0.05) is 16.5 Å². The number of hydrogen-bond donors (Lipinski definition) is 0. The van der Waals surface area contributed by atoms with Crippen molar-refractivity contribution in [1.82, 2.24) is 4.98 Å². The molecule has 0 amide bonds. The number of halogens is 1. The van der Waals surface area contributed by atoms with Crippen LogP contribution in [0.1, 0.15) is 25.7 Å². The fourth-order valence-corrected chi connectivity index (χ4v) is 4.38. The van der Waals surface area contributed by atoms with Crippen molar-refractivity contribution in [2.75, 3.05) is 10.2 Å². The van der Waals surface area contributed by atoms with Gasteiger partial charge in [-0.1, -0.05) is 77.9 Å². The summed E-state index contributed by atoms with van der Waals surface area (Å²) in [5.41, 5.74) is 3.57. The summed E-state index contributed by atoms with van der Waals surface area (Å²) in [6, 6.07) is 19.3. The Labute approximate surface area is 162 Å². The maximum Gasteiger partial charge on any atom is 0.0719 e. The molecule has 1 nitrogen and oxygen atoms in total. The van der Waals surface area contributed by atoms with Crippen LogP contribution in [-0.4, -0.2) is 15.2 Å². The minimum Gasteiger partial charge on any atom is -0.256 e. The molecule has 0 aliphatic rings. The third-order valence-electron chi connectivity index (χ3n) is 4.10. The molecule has 0 fully saturated rings. The van der Waals surface area contributed by atoms with Crippen molar-refractivity contribution < 1.29 is 0 Å². The number of rotatable bonds is 8. The van der Waals surface area contributed by atoms with Crippen LogP contribution in [-0.2, 0) is 0 Å². The molecule has 0 spiro atoms. The van der Waals surface area contributed by atoms with Gasteiger partial charge in [-0.25, -0.2) is 0 Å². The summed E-state index contributed by atoms with van der Waals surface area (Å²) in [6.45, 7) is 0. The number of nitrogens with zero attached hydrogens (tertiary/aromatic N) is 1. The Morgan fingerprint density at radius 1 is 0.833 bits per heavy atom. The largest absolute Gasteiger partial charge is 0.256 e. The molecular formula is C21H22INS. The molecule has 24 heavy (non-hydrogen) atoms. The highest BCUT2D eigenvalue weighted by Crippen LogP contribution is 2.30. The van der Waals surface area contributed by atoms with E-state index in [1.807, 2.05) is 18.0 Å². The lowest BCUT2D eigenvalue weighted by atomic mass is 10.0.